The number of pyridine rings is 1. The largest absolute Gasteiger partial charge is 0.327 e. The third-order valence-electron chi connectivity index (χ3n) is 3.52. The maximum Gasteiger partial charge on any atom is 0.123 e. The minimum absolute atomic E-state index is 0.767. The van der Waals surface area contributed by atoms with Gasteiger partial charge in [0.25, 0.3) is 0 Å². The SMILES string of the molecule is CCCn1c(CNCc2cccnc2)nc2ccccc21. The van der Waals surface area contributed by atoms with Crippen molar-refractivity contribution in [1.82, 2.24) is 19.9 Å². The van der Waals surface area contributed by atoms with E-state index >= 15 is 0 Å². The Morgan fingerprint density at radius 2 is 2.00 bits per heavy atom. The van der Waals surface area contributed by atoms with Gasteiger partial charge in [-0.15, -0.1) is 0 Å². The third kappa shape index (κ3) is 3.11. The molecule has 0 saturated heterocycles. The van der Waals surface area contributed by atoms with E-state index in [1.54, 1.807) is 6.20 Å². The number of benzene rings is 1. The summed E-state index contributed by atoms with van der Waals surface area (Å²) in [6, 6.07) is 12.4. The van der Waals surface area contributed by atoms with E-state index in [9.17, 15) is 0 Å². The number of aryl methyl sites for hydroxylation is 1. The zero-order valence-electron chi connectivity index (χ0n) is 12.3. The Morgan fingerprint density at radius 3 is 2.81 bits per heavy atom. The van der Waals surface area contributed by atoms with Gasteiger partial charge >= 0.3 is 0 Å². The molecule has 1 N–H and O–H groups in total. The lowest BCUT2D eigenvalue weighted by Gasteiger charge is -2.08. The van der Waals surface area contributed by atoms with Gasteiger partial charge in [-0.1, -0.05) is 25.1 Å². The maximum atomic E-state index is 4.75. The van der Waals surface area contributed by atoms with Crippen LogP contribution in [0.5, 0.6) is 0 Å². The van der Waals surface area contributed by atoms with Crippen LogP contribution in [0.15, 0.2) is 48.8 Å². The smallest absolute Gasteiger partial charge is 0.123 e. The lowest BCUT2D eigenvalue weighted by molar-refractivity contribution is 0.598. The highest BCUT2D eigenvalue weighted by Gasteiger charge is 2.09. The second-order valence-corrected chi connectivity index (χ2v) is 5.13. The van der Waals surface area contributed by atoms with Crippen molar-refractivity contribution < 1.29 is 0 Å². The number of fused-ring (bicyclic) bond motifs is 1. The lowest BCUT2D eigenvalue weighted by atomic mass is 10.3. The fraction of sp³-hybridized carbons (Fsp3) is 0.294. The van der Waals surface area contributed by atoms with Gasteiger partial charge in [0, 0.05) is 25.5 Å². The van der Waals surface area contributed by atoms with Crippen LogP contribution in [-0.4, -0.2) is 14.5 Å². The van der Waals surface area contributed by atoms with E-state index in [-0.39, 0.29) is 0 Å². The van der Waals surface area contributed by atoms with Crippen molar-refractivity contribution in [3.8, 4) is 0 Å². The molecule has 0 radical (unpaired) electrons. The van der Waals surface area contributed by atoms with E-state index in [4.69, 9.17) is 4.98 Å². The molecule has 0 unspecified atom stereocenters. The summed E-state index contributed by atoms with van der Waals surface area (Å²) in [7, 11) is 0. The number of hydrogen-bond acceptors (Lipinski definition) is 3. The molecule has 0 saturated carbocycles. The number of para-hydroxylation sites is 2. The Bertz CT molecular complexity index is 703. The van der Waals surface area contributed by atoms with Gasteiger partial charge in [-0.05, 0) is 30.2 Å². The van der Waals surface area contributed by atoms with Gasteiger partial charge in [0.05, 0.1) is 17.6 Å². The number of imidazole rings is 1. The highest BCUT2D eigenvalue weighted by molar-refractivity contribution is 5.75. The molecule has 21 heavy (non-hydrogen) atoms. The Morgan fingerprint density at radius 1 is 1.10 bits per heavy atom. The molecule has 4 heteroatoms. The average Bonchev–Trinajstić information content (AvgIpc) is 2.87. The third-order valence-corrected chi connectivity index (χ3v) is 3.52. The molecule has 2 aromatic heterocycles. The van der Waals surface area contributed by atoms with Gasteiger partial charge in [0.1, 0.15) is 5.82 Å². The summed E-state index contributed by atoms with van der Waals surface area (Å²) in [5.41, 5.74) is 3.48. The fourth-order valence-electron chi connectivity index (χ4n) is 2.55. The van der Waals surface area contributed by atoms with E-state index in [0.29, 0.717) is 0 Å². The van der Waals surface area contributed by atoms with Crippen LogP contribution in [0.3, 0.4) is 0 Å². The van der Waals surface area contributed by atoms with Crippen molar-refractivity contribution in [3.63, 3.8) is 0 Å². The van der Waals surface area contributed by atoms with Crippen molar-refractivity contribution in [2.75, 3.05) is 0 Å². The normalized spacial score (nSPS) is 11.1. The van der Waals surface area contributed by atoms with Gasteiger partial charge < -0.3 is 9.88 Å². The van der Waals surface area contributed by atoms with Gasteiger partial charge in [0.15, 0.2) is 0 Å². The highest BCUT2D eigenvalue weighted by atomic mass is 15.1. The molecule has 1 aromatic carbocycles. The summed E-state index contributed by atoms with van der Waals surface area (Å²) in [5.74, 6) is 1.10. The summed E-state index contributed by atoms with van der Waals surface area (Å²) >= 11 is 0. The van der Waals surface area contributed by atoms with Crippen LogP contribution in [0.25, 0.3) is 11.0 Å². The Labute approximate surface area is 124 Å². The van der Waals surface area contributed by atoms with Crippen LogP contribution in [0.1, 0.15) is 24.7 Å². The minimum atomic E-state index is 0.767. The second kappa shape index (κ2) is 6.50. The summed E-state index contributed by atoms with van der Waals surface area (Å²) < 4.78 is 2.31. The molecular formula is C17H20N4. The van der Waals surface area contributed by atoms with E-state index in [2.05, 4.69) is 46.1 Å². The minimum Gasteiger partial charge on any atom is -0.327 e. The van der Waals surface area contributed by atoms with Crippen LogP contribution in [-0.2, 0) is 19.6 Å². The van der Waals surface area contributed by atoms with Gasteiger partial charge in [0.2, 0.25) is 0 Å². The first-order valence-corrected chi connectivity index (χ1v) is 7.42. The van der Waals surface area contributed by atoms with E-state index in [1.165, 1.54) is 11.1 Å². The number of hydrogen-bond donors (Lipinski definition) is 1. The molecule has 0 atom stereocenters. The topological polar surface area (TPSA) is 42.7 Å². The van der Waals surface area contributed by atoms with Crippen molar-refractivity contribution >= 4 is 11.0 Å². The predicted molar refractivity (Wildman–Crippen MR) is 84.8 cm³/mol. The molecule has 3 rings (SSSR count). The first kappa shape index (κ1) is 13.8. The predicted octanol–water partition coefficient (Wildman–Crippen LogP) is 3.13. The van der Waals surface area contributed by atoms with Gasteiger partial charge in [-0.3, -0.25) is 4.98 Å². The molecule has 0 aliphatic heterocycles. The summed E-state index contributed by atoms with van der Waals surface area (Å²) in [5, 5.41) is 3.45. The van der Waals surface area contributed by atoms with Gasteiger partial charge in [-0.2, -0.15) is 0 Å². The van der Waals surface area contributed by atoms with E-state index < -0.39 is 0 Å². The Balaban J connectivity index is 1.75. The number of nitrogens with one attached hydrogen (secondary N) is 1. The van der Waals surface area contributed by atoms with Crippen molar-refractivity contribution in [2.45, 2.75) is 33.0 Å². The quantitative estimate of drug-likeness (QED) is 0.754. The first-order valence-electron chi connectivity index (χ1n) is 7.42. The molecule has 0 aliphatic rings. The standard InChI is InChI=1S/C17H20N4/c1-2-10-21-16-8-4-3-7-15(16)20-17(21)13-19-12-14-6-5-9-18-11-14/h3-9,11,19H,2,10,12-13H2,1H3. The molecule has 0 aliphatic carbocycles. The van der Waals surface area contributed by atoms with Crippen molar-refractivity contribution in [3.05, 3.63) is 60.2 Å². The van der Waals surface area contributed by atoms with Crippen LogP contribution in [0, 0.1) is 0 Å². The van der Waals surface area contributed by atoms with Crippen molar-refractivity contribution in [1.29, 1.82) is 0 Å². The van der Waals surface area contributed by atoms with E-state index in [1.807, 2.05) is 18.3 Å². The summed E-state index contributed by atoms with van der Waals surface area (Å²) in [6.07, 6.45) is 4.79. The molecule has 4 nitrogen and oxygen atoms in total. The first-order chi connectivity index (χ1) is 10.4. The monoisotopic (exact) mass is 280 g/mol. The molecule has 0 bridgehead atoms. The Hall–Kier alpha value is -2.20. The molecule has 3 aromatic rings. The lowest BCUT2D eigenvalue weighted by Crippen LogP contribution is -2.17. The number of aromatic nitrogens is 3. The van der Waals surface area contributed by atoms with Crippen LogP contribution in [0.2, 0.25) is 0 Å². The molecular weight excluding hydrogens is 260 g/mol. The molecule has 0 fully saturated rings. The van der Waals surface area contributed by atoms with Gasteiger partial charge in [-0.25, -0.2) is 4.98 Å². The summed E-state index contributed by atoms with van der Waals surface area (Å²) in [4.78, 5) is 8.88. The molecule has 2 heterocycles. The zero-order chi connectivity index (χ0) is 14.5. The van der Waals surface area contributed by atoms with Crippen LogP contribution < -0.4 is 5.32 Å². The average molecular weight is 280 g/mol. The fourth-order valence-corrected chi connectivity index (χ4v) is 2.55. The maximum absolute atomic E-state index is 4.75. The number of rotatable bonds is 6. The van der Waals surface area contributed by atoms with Crippen LogP contribution in [0.4, 0.5) is 0 Å². The molecule has 0 amide bonds. The van der Waals surface area contributed by atoms with Crippen LogP contribution >= 0.6 is 0 Å². The van der Waals surface area contributed by atoms with Crippen molar-refractivity contribution in [2.24, 2.45) is 0 Å². The molecule has 0 spiro atoms. The Kier molecular flexibility index (Phi) is 4.26. The highest BCUT2D eigenvalue weighted by Crippen LogP contribution is 2.16. The second-order valence-electron chi connectivity index (χ2n) is 5.13. The summed E-state index contributed by atoms with van der Waals surface area (Å²) in [6.45, 7) is 4.78. The zero-order valence-corrected chi connectivity index (χ0v) is 12.3. The molecule has 108 valence electrons. The van der Waals surface area contributed by atoms with E-state index in [0.717, 1.165) is 37.4 Å². The number of nitrogens with zero attached hydrogens (tertiary/aromatic N) is 3.